The van der Waals surface area contributed by atoms with Crippen molar-refractivity contribution in [1.29, 1.82) is 0 Å². The van der Waals surface area contributed by atoms with Gasteiger partial charge in [-0.3, -0.25) is 19.3 Å². The van der Waals surface area contributed by atoms with Gasteiger partial charge in [0.1, 0.15) is 0 Å². The van der Waals surface area contributed by atoms with Crippen LogP contribution in [0.25, 0.3) is 0 Å². The third-order valence-electron chi connectivity index (χ3n) is 3.72. The molecule has 0 unspecified atom stereocenters. The molecular formula is C16H17N5O2. The fourth-order valence-corrected chi connectivity index (χ4v) is 2.54. The summed E-state index contributed by atoms with van der Waals surface area (Å²) in [5.41, 5.74) is 1.78. The van der Waals surface area contributed by atoms with Crippen molar-refractivity contribution in [3.63, 3.8) is 0 Å². The zero-order valence-electron chi connectivity index (χ0n) is 12.6. The Morgan fingerprint density at radius 3 is 2.96 bits per heavy atom. The van der Waals surface area contributed by atoms with Crippen molar-refractivity contribution in [1.82, 2.24) is 25.0 Å². The van der Waals surface area contributed by atoms with Crippen LogP contribution >= 0.6 is 0 Å². The van der Waals surface area contributed by atoms with E-state index in [1.165, 1.54) is 0 Å². The van der Waals surface area contributed by atoms with E-state index in [2.05, 4.69) is 22.0 Å². The van der Waals surface area contributed by atoms with Crippen molar-refractivity contribution < 1.29 is 9.59 Å². The van der Waals surface area contributed by atoms with Crippen LogP contribution in [0, 0.1) is 0 Å². The number of hydrogen-bond acceptors (Lipinski definition) is 4. The van der Waals surface area contributed by atoms with Crippen LogP contribution in [0.2, 0.25) is 0 Å². The van der Waals surface area contributed by atoms with Gasteiger partial charge in [-0.1, -0.05) is 6.08 Å². The van der Waals surface area contributed by atoms with Crippen molar-refractivity contribution in [2.45, 2.75) is 13.1 Å². The first-order valence-corrected chi connectivity index (χ1v) is 7.34. The molecule has 3 heterocycles. The maximum absolute atomic E-state index is 12.5. The van der Waals surface area contributed by atoms with Crippen LogP contribution in [0.1, 0.15) is 26.4 Å². The highest BCUT2D eigenvalue weighted by Gasteiger charge is 2.26. The van der Waals surface area contributed by atoms with Gasteiger partial charge in [-0.2, -0.15) is 5.10 Å². The average Bonchev–Trinajstić information content (AvgIpc) is 3.03. The molecule has 2 amide bonds. The minimum atomic E-state index is -0.207. The lowest BCUT2D eigenvalue weighted by molar-refractivity contribution is 0.0702. The SMILES string of the molecule is C=CCNC(=O)c1cnn2c1CN(C(=O)c1cccnc1)CC2. The van der Waals surface area contributed by atoms with E-state index >= 15 is 0 Å². The van der Waals surface area contributed by atoms with E-state index in [9.17, 15) is 9.59 Å². The summed E-state index contributed by atoms with van der Waals surface area (Å²) in [5, 5.41) is 6.97. The molecule has 0 aliphatic carbocycles. The first-order chi connectivity index (χ1) is 11.2. The minimum absolute atomic E-state index is 0.0944. The molecule has 2 aromatic heterocycles. The predicted molar refractivity (Wildman–Crippen MR) is 83.7 cm³/mol. The summed E-state index contributed by atoms with van der Waals surface area (Å²) >= 11 is 0. The normalized spacial score (nSPS) is 13.3. The van der Waals surface area contributed by atoms with Gasteiger partial charge in [0, 0.05) is 25.5 Å². The molecule has 0 aromatic carbocycles. The van der Waals surface area contributed by atoms with Gasteiger partial charge in [0.25, 0.3) is 11.8 Å². The molecule has 0 spiro atoms. The predicted octanol–water partition coefficient (Wildman–Crippen LogP) is 0.850. The van der Waals surface area contributed by atoms with E-state index in [0.29, 0.717) is 37.3 Å². The second-order valence-corrected chi connectivity index (χ2v) is 5.20. The van der Waals surface area contributed by atoms with Crippen LogP contribution in [0.15, 0.2) is 43.4 Å². The van der Waals surface area contributed by atoms with Gasteiger partial charge >= 0.3 is 0 Å². The summed E-state index contributed by atoms with van der Waals surface area (Å²) in [6.45, 7) is 5.44. The van der Waals surface area contributed by atoms with Gasteiger partial charge in [-0.25, -0.2) is 0 Å². The summed E-state index contributed by atoms with van der Waals surface area (Å²) in [4.78, 5) is 30.4. The summed E-state index contributed by atoms with van der Waals surface area (Å²) in [6, 6.07) is 3.47. The first-order valence-electron chi connectivity index (χ1n) is 7.34. The molecule has 0 bridgehead atoms. The Bertz CT molecular complexity index is 738. The summed E-state index contributed by atoms with van der Waals surface area (Å²) in [6.07, 6.45) is 6.34. The number of nitrogens with one attached hydrogen (secondary N) is 1. The molecule has 2 aromatic rings. The van der Waals surface area contributed by atoms with Crippen molar-refractivity contribution in [2.75, 3.05) is 13.1 Å². The molecule has 3 rings (SSSR count). The van der Waals surface area contributed by atoms with Gasteiger partial charge in [0.15, 0.2) is 0 Å². The van der Waals surface area contributed by atoms with Crippen molar-refractivity contribution in [3.05, 3.63) is 60.2 Å². The molecule has 0 saturated carbocycles. The Labute approximate surface area is 133 Å². The van der Waals surface area contributed by atoms with Crippen molar-refractivity contribution in [2.24, 2.45) is 0 Å². The zero-order chi connectivity index (χ0) is 16.2. The van der Waals surface area contributed by atoms with Crippen LogP contribution in [-0.4, -0.2) is 44.6 Å². The molecule has 0 radical (unpaired) electrons. The minimum Gasteiger partial charge on any atom is -0.348 e. The maximum atomic E-state index is 12.5. The lowest BCUT2D eigenvalue weighted by Crippen LogP contribution is -2.39. The topological polar surface area (TPSA) is 80.1 Å². The summed E-state index contributed by atoms with van der Waals surface area (Å²) in [7, 11) is 0. The molecule has 23 heavy (non-hydrogen) atoms. The Morgan fingerprint density at radius 2 is 2.22 bits per heavy atom. The number of aromatic nitrogens is 3. The smallest absolute Gasteiger partial charge is 0.255 e. The number of fused-ring (bicyclic) bond motifs is 1. The zero-order valence-corrected chi connectivity index (χ0v) is 12.6. The number of hydrogen-bond donors (Lipinski definition) is 1. The fourth-order valence-electron chi connectivity index (χ4n) is 2.54. The van der Waals surface area contributed by atoms with Crippen LogP contribution in [0.4, 0.5) is 0 Å². The van der Waals surface area contributed by atoms with E-state index in [1.807, 2.05) is 0 Å². The van der Waals surface area contributed by atoms with E-state index in [-0.39, 0.29) is 11.8 Å². The molecule has 0 saturated heterocycles. The molecule has 118 valence electrons. The Morgan fingerprint density at radius 1 is 1.35 bits per heavy atom. The van der Waals surface area contributed by atoms with Gasteiger partial charge in [-0.15, -0.1) is 6.58 Å². The lowest BCUT2D eigenvalue weighted by Gasteiger charge is -2.28. The maximum Gasteiger partial charge on any atom is 0.255 e. The molecule has 0 atom stereocenters. The molecule has 7 heteroatoms. The van der Waals surface area contributed by atoms with Gasteiger partial charge in [-0.05, 0) is 12.1 Å². The number of amides is 2. The number of nitrogens with zero attached hydrogens (tertiary/aromatic N) is 4. The van der Waals surface area contributed by atoms with Crippen molar-refractivity contribution >= 4 is 11.8 Å². The fraction of sp³-hybridized carbons (Fsp3) is 0.250. The Kier molecular flexibility index (Phi) is 4.18. The van der Waals surface area contributed by atoms with Crippen LogP contribution in [-0.2, 0) is 13.1 Å². The number of pyridine rings is 1. The highest BCUT2D eigenvalue weighted by Crippen LogP contribution is 2.18. The van der Waals surface area contributed by atoms with E-state index < -0.39 is 0 Å². The van der Waals surface area contributed by atoms with E-state index in [0.717, 1.165) is 5.69 Å². The average molecular weight is 311 g/mol. The van der Waals surface area contributed by atoms with Gasteiger partial charge in [0.2, 0.25) is 0 Å². The number of rotatable bonds is 4. The molecule has 1 aliphatic rings. The van der Waals surface area contributed by atoms with Crippen LogP contribution in [0.5, 0.6) is 0 Å². The second kappa shape index (κ2) is 6.43. The number of carbonyl (C=O) groups is 2. The van der Waals surface area contributed by atoms with E-state index in [4.69, 9.17) is 0 Å². The molecule has 7 nitrogen and oxygen atoms in total. The highest BCUT2D eigenvalue weighted by molar-refractivity contribution is 5.96. The van der Waals surface area contributed by atoms with Crippen molar-refractivity contribution in [3.8, 4) is 0 Å². The van der Waals surface area contributed by atoms with Crippen LogP contribution < -0.4 is 5.32 Å². The highest BCUT2D eigenvalue weighted by atomic mass is 16.2. The molecule has 0 fully saturated rings. The quantitative estimate of drug-likeness (QED) is 0.849. The molecular weight excluding hydrogens is 294 g/mol. The lowest BCUT2D eigenvalue weighted by atomic mass is 10.1. The van der Waals surface area contributed by atoms with Crippen LogP contribution in [0.3, 0.4) is 0 Å². The monoisotopic (exact) mass is 311 g/mol. The summed E-state index contributed by atoms with van der Waals surface area (Å²) in [5.74, 6) is -0.301. The molecule has 1 N–H and O–H groups in total. The van der Waals surface area contributed by atoms with E-state index in [1.54, 1.807) is 46.4 Å². The Hall–Kier alpha value is -2.96. The third-order valence-corrected chi connectivity index (χ3v) is 3.72. The standard InChI is InChI=1S/C16H17N5O2/c1-2-5-18-15(22)13-10-19-21-8-7-20(11-14(13)21)16(23)12-4-3-6-17-9-12/h2-4,6,9-10H,1,5,7-8,11H2,(H,18,22). The third kappa shape index (κ3) is 2.98. The summed E-state index contributed by atoms with van der Waals surface area (Å²) < 4.78 is 1.77. The van der Waals surface area contributed by atoms with Gasteiger partial charge in [0.05, 0.1) is 36.1 Å². The number of carbonyl (C=O) groups excluding carboxylic acids is 2. The largest absolute Gasteiger partial charge is 0.348 e. The second-order valence-electron chi connectivity index (χ2n) is 5.20. The van der Waals surface area contributed by atoms with Gasteiger partial charge < -0.3 is 10.2 Å². The molecule has 1 aliphatic heterocycles. The first kappa shape index (κ1) is 15.0. The Balaban J connectivity index is 1.80.